The van der Waals surface area contributed by atoms with Crippen molar-refractivity contribution in [1.29, 1.82) is 0 Å². The van der Waals surface area contributed by atoms with Crippen molar-refractivity contribution in [2.45, 2.75) is 87.1 Å². The van der Waals surface area contributed by atoms with E-state index in [1.807, 2.05) is 24.3 Å². The van der Waals surface area contributed by atoms with Crippen LogP contribution in [-0.4, -0.2) is 35.8 Å². The van der Waals surface area contributed by atoms with Gasteiger partial charge in [0, 0.05) is 12.8 Å². The summed E-state index contributed by atoms with van der Waals surface area (Å²) < 4.78 is 26.2. The zero-order chi connectivity index (χ0) is 42.2. The second-order valence-corrected chi connectivity index (χ2v) is 18.5. The van der Waals surface area contributed by atoms with E-state index >= 15 is 0 Å². The topological polar surface area (TPSA) is 86.4 Å². The van der Waals surface area contributed by atoms with E-state index in [-0.39, 0.29) is 54.0 Å². The van der Waals surface area contributed by atoms with Gasteiger partial charge in [-0.3, -0.25) is 0 Å². The van der Waals surface area contributed by atoms with Crippen molar-refractivity contribution in [3.05, 3.63) is 214 Å². The summed E-state index contributed by atoms with van der Waals surface area (Å²) in [5.41, 5.74) is 9.38. The van der Waals surface area contributed by atoms with Crippen molar-refractivity contribution in [3.8, 4) is 0 Å². The van der Waals surface area contributed by atoms with Gasteiger partial charge in [0.2, 0.25) is 11.8 Å². The lowest BCUT2D eigenvalue weighted by Crippen LogP contribution is -2.30. The van der Waals surface area contributed by atoms with Gasteiger partial charge in [0.15, 0.2) is 24.0 Å². The molecule has 6 aromatic carbocycles. The van der Waals surface area contributed by atoms with Gasteiger partial charge < -0.3 is 18.9 Å². The Hall–Kier alpha value is -6.80. The molecule has 4 aliphatic heterocycles. The molecular formula is C56H48N4O4. The van der Waals surface area contributed by atoms with E-state index in [2.05, 4.69) is 146 Å². The fraction of sp³-hybridized carbons (Fsp3) is 0.286. The Morgan fingerprint density at radius 2 is 0.641 bits per heavy atom. The lowest BCUT2D eigenvalue weighted by atomic mass is 9.97. The molecule has 0 saturated heterocycles. The molecule has 8 aliphatic rings. The summed E-state index contributed by atoms with van der Waals surface area (Å²) >= 11 is 0. The van der Waals surface area contributed by atoms with Gasteiger partial charge >= 0.3 is 0 Å². The van der Waals surface area contributed by atoms with E-state index in [1.54, 1.807) is 0 Å². The Morgan fingerprint density at radius 3 is 1.02 bits per heavy atom. The van der Waals surface area contributed by atoms with Crippen LogP contribution >= 0.6 is 0 Å². The molecule has 316 valence electrons. The first-order valence-corrected chi connectivity index (χ1v) is 23.0. The minimum atomic E-state index is -0.396. The molecule has 14 rings (SSSR count). The van der Waals surface area contributed by atoms with Gasteiger partial charge in [-0.1, -0.05) is 170 Å². The van der Waals surface area contributed by atoms with Gasteiger partial charge in [-0.2, -0.15) is 0 Å². The van der Waals surface area contributed by atoms with Gasteiger partial charge in [-0.15, -0.1) is 0 Å². The summed E-state index contributed by atoms with van der Waals surface area (Å²) in [4.78, 5) is 20.5. The zero-order valence-electron chi connectivity index (χ0n) is 35.4. The lowest BCUT2D eigenvalue weighted by molar-refractivity contribution is 0.170. The molecule has 2 saturated carbocycles. The van der Waals surface area contributed by atoms with Crippen LogP contribution in [0.5, 0.6) is 0 Å². The van der Waals surface area contributed by atoms with Crippen LogP contribution in [0.4, 0.5) is 0 Å². The minimum absolute atomic E-state index is 0.104. The number of nitrogens with zero attached hydrogens (tertiary/aromatic N) is 4. The van der Waals surface area contributed by atoms with Crippen molar-refractivity contribution >= 4 is 23.6 Å². The van der Waals surface area contributed by atoms with E-state index in [9.17, 15) is 0 Å². The average Bonchev–Trinajstić information content (AvgIpc) is 3.83. The van der Waals surface area contributed by atoms with Crippen LogP contribution in [-0.2, 0) is 31.8 Å². The Kier molecular flexibility index (Phi) is 8.78. The van der Waals surface area contributed by atoms with Crippen LogP contribution in [0.15, 0.2) is 190 Å². The molecule has 2 fully saturated rings. The summed E-state index contributed by atoms with van der Waals surface area (Å²) in [6.07, 6.45) is 5.79. The molecule has 0 radical (unpaired) electrons. The number of rotatable bonds is 8. The quantitative estimate of drug-likeness (QED) is 0.153. The van der Waals surface area contributed by atoms with Gasteiger partial charge in [0.1, 0.15) is 47.2 Å². The first kappa shape index (κ1) is 37.7. The van der Waals surface area contributed by atoms with Crippen LogP contribution in [0.1, 0.15) is 107 Å². The molecule has 0 bridgehead atoms. The van der Waals surface area contributed by atoms with Crippen LogP contribution in [0.25, 0.3) is 0 Å². The number of aliphatic imine (C=N–C) groups is 4. The van der Waals surface area contributed by atoms with Crippen molar-refractivity contribution < 1.29 is 18.9 Å². The molecule has 0 N–H and O–H groups in total. The molecule has 0 spiro atoms. The Labute approximate surface area is 373 Å². The third kappa shape index (κ3) is 6.24. The Bertz CT molecular complexity index is 2670. The predicted molar refractivity (Wildman–Crippen MR) is 247 cm³/mol. The highest BCUT2D eigenvalue weighted by molar-refractivity contribution is 6.10. The third-order valence-electron chi connectivity index (χ3n) is 14.6. The monoisotopic (exact) mass is 840 g/mol. The van der Waals surface area contributed by atoms with Crippen molar-refractivity contribution in [2.24, 2.45) is 30.8 Å². The summed E-state index contributed by atoms with van der Waals surface area (Å²) in [6, 6.07) is 59.0. The summed E-state index contributed by atoms with van der Waals surface area (Å²) in [6.45, 7) is 0. The molecule has 6 aromatic rings. The first-order valence-electron chi connectivity index (χ1n) is 23.0. The van der Waals surface area contributed by atoms with Crippen LogP contribution in [0, 0.1) is 10.8 Å². The molecule has 4 aliphatic carbocycles. The highest BCUT2D eigenvalue weighted by Gasteiger charge is 2.62. The highest BCUT2D eigenvalue weighted by atomic mass is 16.5. The molecular weight excluding hydrogens is 793 g/mol. The largest absolute Gasteiger partial charge is 0.474 e. The van der Waals surface area contributed by atoms with E-state index < -0.39 is 5.41 Å². The average molecular weight is 841 g/mol. The maximum absolute atomic E-state index is 6.73. The third-order valence-corrected chi connectivity index (χ3v) is 14.6. The molecule has 4 heterocycles. The van der Waals surface area contributed by atoms with E-state index in [4.69, 9.17) is 38.9 Å². The molecule has 0 unspecified atom stereocenters. The number of fused-ring (bicyclic) bond motifs is 6. The molecule has 0 amide bonds. The molecule has 8 heteroatoms. The maximum atomic E-state index is 6.73. The standard InChI is InChI=1S/C33H28N2O2.C23H20N2O2/c1-5-13-23(14-6-1)27-29(25-17-9-3-10-18-25)36-31(34-27)33(21-22-33)32-35-28(24-15-7-2-8-16-24)30(37-32)26-19-11-4-12-20-26;1-3-7-15-13(5-1)11-17-19(15)24-21(26-17)23(9-10-23)22-25-20-16-8-4-2-6-14(16)12-18(20)27-22/h1-20,27-30H,21-22H2;1-8,17-20H,9-12H2/t27-,28-,29+,30+;17-,18-,19+,20+/m00/s1. The smallest absolute Gasteiger partial charge is 0.200 e. The van der Waals surface area contributed by atoms with E-state index in [0.717, 1.165) is 84.4 Å². The number of hydrogen-bond donors (Lipinski definition) is 0. The predicted octanol–water partition coefficient (Wildman–Crippen LogP) is 11.5. The van der Waals surface area contributed by atoms with Gasteiger partial charge in [-0.05, 0) is 70.2 Å². The summed E-state index contributed by atoms with van der Waals surface area (Å²) in [5.74, 6) is 3.27. The summed E-state index contributed by atoms with van der Waals surface area (Å²) in [5, 5.41) is 0. The summed E-state index contributed by atoms with van der Waals surface area (Å²) in [7, 11) is 0. The molecule has 0 aromatic heterocycles. The van der Waals surface area contributed by atoms with Crippen LogP contribution < -0.4 is 0 Å². The van der Waals surface area contributed by atoms with Crippen molar-refractivity contribution in [2.75, 3.05) is 0 Å². The minimum Gasteiger partial charge on any atom is -0.474 e. The number of hydrogen-bond acceptors (Lipinski definition) is 8. The SMILES string of the molecule is c1ccc([C@H]2OC(C3(C4=N[C@@H](c5ccccc5)[C@@H](c5ccccc5)O4)CC3)=N[C@H]2c2ccccc2)cc1.c1ccc2c(c1)C[C@@H]1OC(C3(C4=N[C@@H]5c6ccccc6C[C@@H]5O4)CC3)=N[C@H]21. The number of ether oxygens (including phenoxy) is 4. The van der Waals surface area contributed by atoms with Crippen molar-refractivity contribution in [3.63, 3.8) is 0 Å². The fourth-order valence-electron chi connectivity index (χ4n) is 10.8. The fourth-order valence-corrected chi connectivity index (χ4v) is 10.8. The Balaban J connectivity index is 0.000000135. The van der Waals surface area contributed by atoms with Crippen molar-refractivity contribution in [1.82, 2.24) is 0 Å². The van der Waals surface area contributed by atoms with Gasteiger partial charge in [-0.25, -0.2) is 20.0 Å². The van der Waals surface area contributed by atoms with Gasteiger partial charge in [0.25, 0.3) is 0 Å². The second-order valence-electron chi connectivity index (χ2n) is 18.5. The van der Waals surface area contributed by atoms with E-state index in [0.29, 0.717) is 0 Å². The van der Waals surface area contributed by atoms with E-state index in [1.165, 1.54) is 22.3 Å². The van der Waals surface area contributed by atoms with Gasteiger partial charge in [0.05, 0.1) is 0 Å². The highest BCUT2D eigenvalue weighted by Crippen LogP contribution is 2.59. The first-order chi connectivity index (χ1) is 31.6. The molecule has 8 nitrogen and oxygen atoms in total. The zero-order valence-corrected chi connectivity index (χ0v) is 35.4. The Morgan fingerprint density at radius 1 is 0.328 bits per heavy atom. The maximum Gasteiger partial charge on any atom is 0.200 e. The molecule has 8 atom stereocenters. The van der Waals surface area contributed by atoms with Crippen LogP contribution in [0.3, 0.4) is 0 Å². The number of benzene rings is 6. The van der Waals surface area contributed by atoms with Crippen LogP contribution in [0.2, 0.25) is 0 Å². The molecule has 64 heavy (non-hydrogen) atoms. The normalized spacial score (nSPS) is 28.8. The second kappa shape index (κ2) is 14.9. The lowest BCUT2D eigenvalue weighted by Gasteiger charge is -2.21.